The normalized spacial score (nSPS) is 12.5. The van der Waals surface area contributed by atoms with Crippen molar-refractivity contribution in [3.63, 3.8) is 0 Å². The third-order valence-corrected chi connectivity index (χ3v) is 3.89. The molecule has 0 bridgehead atoms. The van der Waals surface area contributed by atoms with Crippen molar-refractivity contribution in [2.45, 2.75) is 6.04 Å². The summed E-state index contributed by atoms with van der Waals surface area (Å²) >= 11 is 1.44. The predicted octanol–water partition coefficient (Wildman–Crippen LogP) is 4.35. The van der Waals surface area contributed by atoms with Gasteiger partial charge in [0.25, 0.3) is 0 Å². The van der Waals surface area contributed by atoms with E-state index < -0.39 is 6.04 Å². The number of nitrogens with zero attached hydrogens (tertiary/aromatic N) is 4. The maximum Gasteiger partial charge on any atom is 0.208 e. The fraction of sp³-hybridized carbons (Fsp3) is 0.0667. The van der Waals surface area contributed by atoms with E-state index in [-0.39, 0.29) is 5.75 Å². The molecule has 2 aromatic carbocycles. The molecule has 0 aliphatic rings. The Hall–Kier alpha value is -2.78. The monoisotopic (exact) mass is 294 g/mol. The van der Waals surface area contributed by atoms with Crippen LogP contribution in [0, 0.1) is 11.3 Å². The number of phenolic OH excluding ortho intramolecular Hbond substituents is 1. The summed E-state index contributed by atoms with van der Waals surface area (Å²) < 4.78 is 1.02. The number of nitriles is 1. The smallest absolute Gasteiger partial charge is 0.208 e. The van der Waals surface area contributed by atoms with E-state index in [0.717, 1.165) is 10.2 Å². The summed E-state index contributed by atoms with van der Waals surface area (Å²) in [4.78, 5) is 4.41. The van der Waals surface area contributed by atoms with Crippen molar-refractivity contribution in [2.24, 2.45) is 10.2 Å². The van der Waals surface area contributed by atoms with Gasteiger partial charge in [-0.1, -0.05) is 12.1 Å². The van der Waals surface area contributed by atoms with E-state index in [1.165, 1.54) is 23.5 Å². The van der Waals surface area contributed by atoms with Crippen LogP contribution in [0.2, 0.25) is 0 Å². The number of phenols is 1. The average Bonchev–Trinajstić information content (AvgIpc) is 2.93. The summed E-state index contributed by atoms with van der Waals surface area (Å²) in [5.41, 5.74) is 1.44. The topological polar surface area (TPSA) is 81.6 Å². The van der Waals surface area contributed by atoms with Crippen LogP contribution in [-0.2, 0) is 0 Å². The second-order valence-corrected chi connectivity index (χ2v) is 5.35. The van der Waals surface area contributed by atoms with Crippen LogP contribution in [-0.4, -0.2) is 10.1 Å². The molecule has 1 unspecified atom stereocenters. The molecular formula is C15H10N4OS. The van der Waals surface area contributed by atoms with Gasteiger partial charge < -0.3 is 5.11 Å². The van der Waals surface area contributed by atoms with E-state index in [4.69, 9.17) is 0 Å². The fourth-order valence-corrected chi connectivity index (χ4v) is 2.73. The van der Waals surface area contributed by atoms with Crippen molar-refractivity contribution < 1.29 is 5.11 Å². The van der Waals surface area contributed by atoms with Crippen molar-refractivity contribution in [2.75, 3.05) is 0 Å². The molecule has 0 saturated heterocycles. The van der Waals surface area contributed by atoms with Crippen molar-refractivity contribution in [3.8, 4) is 11.8 Å². The number of rotatable bonds is 3. The molecule has 0 amide bonds. The number of aromatic nitrogens is 1. The van der Waals surface area contributed by atoms with Gasteiger partial charge in [-0.25, -0.2) is 4.98 Å². The number of aromatic hydroxyl groups is 1. The van der Waals surface area contributed by atoms with E-state index >= 15 is 0 Å². The minimum atomic E-state index is -0.726. The van der Waals surface area contributed by atoms with Gasteiger partial charge in [0, 0.05) is 0 Å². The number of azo groups is 1. The maximum absolute atomic E-state index is 9.25. The van der Waals surface area contributed by atoms with Gasteiger partial charge in [-0.05, 0) is 36.4 Å². The Morgan fingerprint density at radius 1 is 1.14 bits per heavy atom. The summed E-state index contributed by atoms with van der Waals surface area (Å²) in [6, 6.07) is 15.4. The SMILES string of the molecule is N#CC(N=Nc1ccc(O)cc1)c1nc2ccccc2s1. The second kappa shape index (κ2) is 5.69. The molecule has 102 valence electrons. The predicted molar refractivity (Wildman–Crippen MR) is 80.6 cm³/mol. The summed E-state index contributed by atoms with van der Waals surface area (Å²) in [5, 5.41) is 27.1. The molecule has 0 radical (unpaired) electrons. The molecule has 0 aliphatic heterocycles. The first-order valence-corrected chi connectivity index (χ1v) is 7.03. The summed E-state index contributed by atoms with van der Waals surface area (Å²) in [6.45, 7) is 0. The zero-order valence-electron chi connectivity index (χ0n) is 10.8. The highest BCUT2D eigenvalue weighted by molar-refractivity contribution is 7.18. The molecule has 5 nitrogen and oxygen atoms in total. The molecule has 3 rings (SSSR count). The molecule has 0 spiro atoms. The van der Waals surface area contributed by atoms with E-state index in [9.17, 15) is 10.4 Å². The minimum absolute atomic E-state index is 0.164. The molecule has 0 fully saturated rings. The van der Waals surface area contributed by atoms with Crippen molar-refractivity contribution in [3.05, 3.63) is 53.5 Å². The molecule has 3 aromatic rings. The van der Waals surface area contributed by atoms with Crippen LogP contribution in [0.1, 0.15) is 11.0 Å². The minimum Gasteiger partial charge on any atom is -0.508 e. The van der Waals surface area contributed by atoms with Crippen molar-refractivity contribution in [1.82, 2.24) is 4.98 Å². The fourth-order valence-electron chi connectivity index (χ4n) is 1.78. The highest BCUT2D eigenvalue weighted by Gasteiger charge is 2.14. The lowest BCUT2D eigenvalue weighted by Crippen LogP contribution is -1.88. The summed E-state index contributed by atoms with van der Waals surface area (Å²) in [6.07, 6.45) is 0. The molecular weight excluding hydrogens is 284 g/mol. The van der Waals surface area contributed by atoms with Crippen LogP contribution in [0.25, 0.3) is 10.2 Å². The van der Waals surface area contributed by atoms with E-state index in [0.29, 0.717) is 10.7 Å². The van der Waals surface area contributed by atoms with Crippen LogP contribution in [0.3, 0.4) is 0 Å². The van der Waals surface area contributed by atoms with E-state index in [2.05, 4.69) is 21.3 Å². The Labute approximate surface area is 124 Å². The van der Waals surface area contributed by atoms with Gasteiger partial charge >= 0.3 is 0 Å². The first-order chi connectivity index (χ1) is 10.3. The first-order valence-electron chi connectivity index (χ1n) is 6.21. The highest BCUT2D eigenvalue weighted by atomic mass is 32.1. The number of para-hydroxylation sites is 1. The molecule has 0 saturated carbocycles. The number of hydrogen-bond donors (Lipinski definition) is 1. The molecule has 1 atom stereocenters. The lowest BCUT2D eigenvalue weighted by molar-refractivity contribution is 0.475. The van der Waals surface area contributed by atoms with Gasteiger partial charge in [-0.15, -0.1) is 11.3 Å². The van der Waals surface area contributed by atoms with Crippen molar-refractivity contribution in [1.29, 1.82) is 5.26 Å². The zero-order valence-corrected chi connectivity index (χ0v) is 11.7. The lowest BCUT2D eigenvalue weighted by Gasteiger charge is -1.97. The second-order valence-electron chi connectivity index (χ2n) is 4.28. The molecule has 1 aromatic heterocycles. The van der Waals surface area contributed by atoms with Crippen LogP contribution in [0.15, 0.2) is 58.8 Å². The summed E-state index contributed by atoms with van der Waals surface area (Å²) in [7, 11) is 0. The van der Waals surface area contributed by atoms with Gasteiger partial charge in [0.05, 0.1) is 22.0 Å². The molecule has 1 heterocycles. The van der Waals surface area contributed by atoms with Gasteiger partial charge in [-0.2, -0.15) is 15.5 Å². The quantitative estimate of drug-likeness (QED) is 0.729. The average molecular weight is 294 g/mol. The summed E-state index contributed by atoms with van der Waals surface area (Å²) in [5.74, 6) is 0.164. The molecule has 21 heavy (non-hydrogen) atoms. The molecule has 6 heteroatoms. The first kappa shape index (κ1) is 13.2. The zero-order chi connectivity index (χ0) is 14.7. The third-order valence-electron chi connectivity index (χ3n) is 2.81. The highest BCUT2D eigenvalue weighted by Crippen LogP contribution is 2.29. The largest absolute Gasteiger partial charge is 0.508 e. The van der Waals surface area contributed by atoms with E-state index in [1.807, 2.05) is 24.3 Å². The Morgan fingerprint density at radius 3 is 2.62 bits per heavy atom. The third kappa shape index (κ3) is 2.88. The van der Waals surface area contributed by atoms with Gasteiger partial charge in [0.1, 0.15) is 10.8 Å². The number of hydrogen-bond acceptors (Lipinski definition) is 6. The van der Waals surface area contributed by atoms with Gasteiger partial charge in [0.15, 0.2) is 0 Å². The van der Waals surface area contributed by atoms with Crippen molar-refractivity contribution >= 4 is 27.2 Å². The maximum atomic E-state index is 9.25. The standard InChI is InChI=1S/C15H10N4OS/c16-9-13(19-18-10-5-7-11(20)8-6-10)15-17-12-3-1-2-4-14(12)21-15/h1-8,13,20H. The number of fused-ring (bicyclic) bond motifs is 1. The number of benzene rings is 2. The van der Waals surface area contributed by atoms with E-state index in [1.54, 1.807) is 12.1 Å². The van der Waals surface area contributed by atoms with Crippen LogP contribution in [0.4, 0.5) is 5.69 Å². The Kier molecular flexibility index (Phi) is 3.58. The Balaban J connectivity index is 1.88. The molecule has 0 aliphatic carbocycles. The molecule has 1 N–H and O–H groups in total. The Morgan fingerprint density at radius 2 is 1.90 bits per heavy atom. The van der Waals surface area contributed by atoms with Gasteiger partial charge in [0.2, 0.25) is 6.04 Å². The van der Waals surface area contributed by atoms with Gasteiger partial charge in [-0.3, -0.25) is 0 Å². The van der Waals surface area contributed by atoms with Crippen LogP contribution >= 0.6 is 11.3 Å². The van der Waals surface area contributed by atoms with Crippen LogP contribution < -0.4 is 0 Å². The van der Waals surface area contributed by atoms with Crippen LogP contribution in [0.5, 0.6) is 5.75 Å². The Bertz CT molecular complexity index is 800. The number of thiazole rings is 1. The lowest BCUT2D eigenvalue weighted by atomic mass is 10.3.